The van der Waals surface area contributed by atoms with Crippen molar-refractivity contribution in [1.29, 1.82) is 0 Å². The number of hydrogen-bond donors (Lipinski definition) is 0. The molecule has 2 aliphatic rings. The summed E-state index contributed by atoms with van der Waals surface area (Å²) >= 11 is 0. The molecule has 188 valence electrons. The summed E-state index contributed by atoms with van der Waals surface area (Å²) < 4.78 is 11.0. The number of pyridine rings is 1. The molecule has 0 N–H and O–H groups in total. The summed E-state index contributed by atoms with van der Waals surface area (Å²) in [6, 6.07) is 17.5. The zero-order chi connectivity index (χ0) is 25.0. The third kappa shape index (κ3) is 4.92. The minimum Gasteiger partial charge on any atom is -0.462 e. The number of piperidine rings is 1. The number of urea groups is 1. The number of rotatable bonds is 9. The lowest BCUT2D eigenvalue weighted by atomic mass is 9.85. The van der Waals surface area contributed by atoms with Gasteiger partial charge in [-0.05, 0) is 48.6 Å². The standard InChI is InChI=1S/C28H32N4O4/c1-35-21-25-10-9-24(36-25)20-30-16-12-28(13-17-30)26(33)31(19-23-8-5-14-29-18-23)27(34)32(28)15-11-22-6-3-2-4-7-22/h2-10,14,18H,11-13,15-17,19-21H2,1H3. The molecule has 0 aliphatic carbocycles. The molecule has 8 heteroatoms. The van der Waals surface area contributed by atoms with E-state index in [2.05, 4.69) is 22.0 Å². The second-order valence-electron chi connectivity index (χ2n) is 9.53. The summed E-state index contributed by atoms with van der Waals surface area (Å²) in [4.78, 5) is 37.2. The third-order valence-corrected chi connectivity index (χ3v) is 7.22. The molecule has 36 heavy (non-hydrogen) atoms. The topological polar surface area (TPSA) is 79.1 Å². The van der Waals surface area contributed by atoms with Crippen molar-refractivity contribution in [2.75, 3.05) is 26.7 Å². The number of methoxy groups -OCH3 is 1. The van der Waals surface area contributed by atoms with Crippen LogP contribution in [0.3, 0.4) is 0 Å². The van der Waals surface area contributed by atoms with Gasteiger partial charge in [-0.1, -0.05) is 36.4 Å². The Labute approximate surface area is 211 Å². The van der Waals surface area contributed by atoms with Gasteiger partial charge in [-0.25, -0.2) is 4.79 Å². The number of benzene rings is 1. The van der Waals surface area contributed by atoms with Gasteiger partial charge in [0.2, 0.25) is 0 Å². The minimum atomic E-state index is -0.811. The summed E-state index contributed by atoms with van der Waals surface area (Å²) in [6.45, 7) is 3.29. The molecule has 0 atom stereocenters. The second-order valence-corrected chi connectivity index (χ2v) is 9.53. The fourth-order valence-electron chi connectivity index (χ4n) is 5.30. The van der Waals surface area contributed by atoms with E-state index in [9.17, 15) is 9.59 Å². The van der Waals surface area contributed by atoms with Crippen LogP contribution in [0.1, 0.15) is 35.5 Å². The number of nitrogens with zero attached hydrogens (tertiary/aromatic N) is 4. The van der Waals surface area contributed by atoms with E-state index in [1.54, 1.807) is 19.5 Å². The number of amides is 3. The zero-order valence-corrected chi connectivity index (χ0v) is 20.6. The molecule has 2 saturated heterocycles. The van der Waals surface area contributed by atoms with Gasteiger partial charge in [-0.3, -0.25) is 19.6 Å². The fourth-order valence-corrected chi connectivity index (χ4v) is 5.30. The summed E-state index contributed by atoms with van der Waals surface area (Å²) in [6.07, 6.45) is 5.31. The Balaban J connectivity index is 1.32. The van der Waals surface area contributed by atoms with Crippen LogP contribution < -0.4 is 0 Å². The van der Waals surface area contributed by atoms with Crippen molar-refractivity contribution < 1.29 is 18.7 Å². The number of hydrogen-bond acceptors (Lipinski definition) is 6. The quantitative estimate of drug-likeness (QED) is 0.426. The van der Waals surface area contributed by atoms with Gasteiger partial charge in [0.05, 0.1) is 13.1 Å². The number of carbonyl (C=O) groups excluding carboxylic acids is 2. The lowest BCUT2D eigenvalue weighted by Gasteiger charge is -2.42. The Morgan fingerprint density at radius 1 is 0.944 bits per heavy atom. The summed E-state index contributed by atoms with van der Waals surface area (Å²) in [7, 11) is 1.65. The zero-order valence-electron chi connectivity index (χ0n) is 20.6. The molecule has 3 amide bonds. The number of ether oxygens (including phenoxy) is 1. The van der Waals surface area contributed by atoms with Crippen molar-refractivity contribution in [2.24, 2.45) is 0 Å². The van der Waals surface area contributed by atoms with Crippen LogP contribution in [0.25, 0.3) is 0 Å². The Morgan fingerprint density at radius 2 is 1.69 bits per heavy atom. The Kier molecular flexibility index (Phi) is 7.16. The molecular formula is C28H32N4O4. The first kappa shape index (κ1) is 24.2. The number of likely N-dealkylation sites (tertiary alicyclic amines) is 1. The third-order valence-electron chi connectivity index (χ3n) is 7.22. The van der Waals surface area contributed by atoms with Gasteiger partial charge in [-0.2, -0.15) is 0 Å². The highest BCUT2D eigenvalue weighted by Gasteiger charge is 2.57. The molecule has 1 spiro atoms. The molecular weight excluding hydrogens is 456 g/mol. The minimum absolute atomic E-state index is 0.0931. The van der Waals surface area contributed by atoms with Crippen LogP contribution in [-0.2, 0) is 35.6 Å². The van der Waals surface area contributed by atoms with E-state index in [0.717, 1.165) is 22.6 Å². The Bertz CT molecular complexity index is 1170. The average Bonchev–Trinajstić information content (AvgIpc) is 3.42. The van der Waals surface area contributed by atoms with E-state index in [0.29, 0.717) is 52.0 Å². The molecule has 2 aliphatic heterocycles. The largest absolute Gasteiger partial charge is 0.462 e. The molecule has 0 bridgehead atoms. The first-order valence-corrected chi connectivity index (χ1v) is 12.4. The molecule has 3 aromatic rings. The highest BCUT2D eigenvalue weighted by molar-refractivity contribution is 6.07. The van der Waals surface area contributed by atoms with Gasteiger partial charge >= 0.3 is 6.03 Å². The highest BCUT2D eigenvalue weighted by atomic mass is 16.5. The lowest BCUT2D eigenvalue weighted by Crippen LogP contribution is -2.56. The van der Waals surface area contributed by atoms with E-state index in [1.807, 2.05) is 47.4 Å². The fraction of sp³-hybridized carbons (Fsp3) is 0.393. The lowest BCUT2D eigenvalue weighted by molar-refractivity contribution is -0.136. The van der Waals surface area contributed by atoms with Gasteiger partial charge in [-0.15, -0.1) is 0 Å². The average molecular weight is 489 g/mol. The van der Waals surface area contributed by atoms with Crippen LogP contribution in [0.15, 0.2) is 71.4 Å². The van der Waals surface area contributed by atoms with E-state index in [4.69, 9.17) is 9.15 Å². The Morgan fingerprint density at radius 3 is 2.42 bits per heavy atom. The van der Waals surface area contributed by atoms with Crippen molar-refractivity contribution in [3.8, 4) is 0 Å². The van der Waals surface area contributed by atoms with Crippen LogP contribution in [0.4, 0.5) is 4.79 Å². The summed E-state index contributed by atoms with van der Waals surface area (Å²) in [5.74, 6) is 1.59. The summed E-state index contributed by atoms with van der Waals surface area (Å²) in [5.41, 5.74) is 1.19. The van der Waals surface area contributed by atoms with Crippen LogP contribution >= 0.6 is 0 Å². The monoisotopic (exact) mass is 488 g/mol. The Hall–Kier alpha value is -3.49. The maximum atomic E-state index is 13.9. The molecule has 2 fully saturated rings. The molecule has 0 radical (unpaired) electrons. The van der Waals surface area contributed by atoms with E-state index in [1.165, 1.54) is 4.90 Å². The molecule has 4 heterocycles. The van der Waals surface area contributed by atoms with Crippen molar-refractivity contribution in [3.05, 3.63) is 89.6 Å². The van der Waals surface area contributed by atoms with Crippen molar-refractivity contribution in [2.45, 2.75) is 44.5 Å². The summed E-state index contributed by atoms with van der Waals surface area (Å²) in [5, 5.41) is 0. The van der Waals surface area contributed by atoms with E-state index >= 15 is 0 Å². The van der Waals surface area contributed by atoms with Gasteiger partial charge in [0, 0.05) is 39.1 Å². The van der Waals surface area contributed by atoms with Crippen LogP contribution in [-0.4, -0.2) is 63.9 Å². The highest BCUT2D eigenvalue weighted by Crippen LogP contribution is 2.38. The van der Waals surface area contributed by atoms with Gasteiger partial charge in [0.1, 0.15) is 23.7 Å². The number of aromatic nitrogens is 1. The molecule has 2 aromatic heterocycles. The molecule has 5 rings (SSSR count). The van der Waals surface area contributed by atoms with E-state index < -0.39 is 5.54 Å². The van der Waals surface area contributed by atoms with Crippen molar-refractivity contribution in [1.82, 2.24) is 19.7 Å². The van der Waals surface area contributed by atoms with Crippen LogP contribution in [0, 0.1) is 0 Å². The first-order chi connectivity index (χ1) is 17.6. The van der Waals surface area contributed by atoms with Gasteiger partial charge in [0.25, 0.3) is 5.91 Å². The van der Waals surface area contributed by atoms with Gasteiger partial charge < -0.3 is 14.1 Å². The molecule has 0 saturated carbocycles. The normalized spacial score (nSPS) is 17.9. The maximum Gasteiger partial charge on any atom is 0.328 e. The molecule has 0 unspecified atom stereocenters. The van der Waals surface area contributed by atoms with Crippen LogP contribution in [0.2, 0.25) is 0 Å². The second kappa shape index (κ2) is 10.6. The first-order valence-electron chi connectivity index (χ1n) is 12.4. The predicted molar refractivity (Wildman–Crippen MR) is 134 cm³/mol. The molecule has 8 nitrogen and oxygen atoms in total. The number of furan rings is 1. The SMILES string of the molecule is COCc1ccc(CN2CCC3(CC2)C(=O)N(Cc2cccnc2)C(=O)N3CCc2ccccc2)o1. The maximum absolute atomic E-state index is 13.9. The van der Waals surface area contributed by atoms with Crippen LogP contribution in [0.5, 0.6) is 0 Å². The predicted octanol–water partition coefficient (Wildman–Crippen LogP) is 3.86. The van der Waals surface area contributed by atoms with Crippen molar-refractivity contribution >= 4 is 11.9 Å². The van der Waals surface area contributed by atoms with Crippen molar-refractivity contribution in [3.63, 3.8) is 0 Å². The van der Waals surface area contributed by atoms with E-state index in [-0.39, 0.29) is 18.5 Å². The molecule has 1 aromatic carbocycles. The smallest absolute Gasteiger partial charge is 0.328 e. The number of carbonyl (C=O) groups is 2. The van der Waals surface area contributed by atoms with Gasteiger partial charge in [0.15, 0.2) is 0 Å². The number of imide groups is 1.